The van der Waals surface area contributed by atoms with Gasteiger partial charge in [-0.1, -0.05) is 11.6 Å². The standard InChI is InChI=1S/C20H23ClN6O/c1-15(28-18-6-4-17(21)5-7-18)13-24-20(22-2)25-14-16-8-10-23-19(12-16)27-11-3-9-26-27/h3-12,15H,13-14H2,1-2H3,(H2,22,24,25). The third-order valence-electron chi connectivity index (χ3n) is 3.94. The second-order valence-electron chi connectivity index (χ2n) is 6.16. The predicted octanol–water partition coefficient (Wildman–Crippen LogP) is 3.05. The van der Waals surface area contributed by atoms with Crippen LogP contribution in [0.15, 0.2) is 66.0 Å². The van der Waals surface area contributed by atoms with E-state index in [4.69, 9.17) is 16.3 Å². The van der Waals surface area contributed by atoms with Crippen LogP contribution < -0.4 is 15.4 Å². The van der Waals surface area contributed by atoms with E-state index < -0.39 is 0 Å². The fourth-order valence-corrected chi connectivity index (χ4v) is 2.66. The highest BCUT2D eigenvalue weighted by Gasteiger charge is 2.07. The second kappa shape index (κ2) is 9.75. The molecular formula is C20H23ClN6O. The third kappa shape index (κ3) is 5.72. The topological polar surface area (TPSA) is 76.4 Å². The van der Waals surface area contributed by atoms with Gasteiger partial charge in [0.1, 0.15) is 11.9 Å². The first-order valence-corrected chi connectivity index (χ1v) is 9.33. The van der Waals surface area contributed by atoms with Crippen molar-refractivity contribution < 1.29 is 4.74 Å². The molecule has 146 valence electrons. The smallest absolute Gasteiger partial charge is 0.191 e. The predicted molar refractivity (Wildman–Crippen MR) is 111 cm³/mol. The number of ether oxygens (including phenoxy) is 1. The third-order valence-corrected chi connectivity index (χ3v) is 4.19. The quantitative estimate of drug-likeness (QED) is 0.472. The van der Waals surface area contributed by atoms with E-state index in [1.165, 1.54) is 0 Å². The first-order chi connectivity index (χ1) is 13.6. The van der Waals surface area contributed by atoms with Crippen molar-refractivity contribution in [2.75, 3.05) is 13.6 Å². The van der Waals surface area contributed by atoms with Crippen molar-refractivity contribution in [1.29, 1.82) is 0 Å². The molecule has 0 aliphatic rings. The Bertz CT molecular complexity index is 895. The number of nitrogens with zero attached hydrogens (tertiary/aromatic N) is 4. The van der Waals surface area contributed by atoms with Gasteiger partial charge in [0.2, 0.25) is 0 Å². The van der Waals surface area contributed by atoms with E-state index in [1.807, 2.05) is 55.6 Å². The van der Waals surface area contributed by atoms with E-state index in [0.29, 0.717) is 24.1 Å². The van der Waals surface area contributed by atoms with Gasteiger partial charge in [-0.05, 0) is 55.0 Å². The lowest BCUT2D eigenvalue weighted by atomic mass is 10.2. The first kappa shape index (κ1) is 19.7. The Morgan fingerprint density at radius 3 is 2.75 bits per heavy atom. The largest absolute Gasteiger partial charge is 0.489 e. The molecule has 0 fully saturated rings. The van der Waals surface area contributed by atoms with Crippen LogP contribution in [0.5, 0.6) is 5.75 Å². The van der Waals surface area contributed by atoms with Crippen LogP contribution in [-0.4, -0.2) is 40.4 Å². The van der Waals surface area contributed by atoms with Crippen molar-refractivity contribution in [1.82, 2.24) is 25.4 Å². The highest BCUT2D eigenvalue weighted by molar-refractivity contribution is 6.30. The van der Waals surface area contributed by atoms with Crippen molar-refractivity contribution in [3.05, 3.63) is 71.6 Å². The van der Waals surface area contributed by atoms with Crippen LogP contribution in [0.25, 0.3) is 5.82 Å². The zero-order valence-corrected chi connectivity index (χ0v) is 16.6. The molecule has 0 saturated heterocycles. The number of aliphatic imine (C=N–C) groups is 1. The second-order valence-corrected chi connectivity index (χ2v) is 6.60. The van der Waals surface area contributed by atoms with Crippen LogP contribution in [0, 0.1) is 0 Å². The molecular weight excluding hydrogens is 376 g/mol. The van der Waals surface area contributed by atoms with Gasteiger partial charge in [0, 0.05) is 37.2 Å². The number of hydrogen-bond donors (Lipinski definition) is 2. The van der Waals surface area contributed by atoms with E-state index >= 15 is 0 Å². The van der Waals surface area contributed by atoms with Crippen molar-refractivity contribution in [3.8, 4) is 11.6 Å². The Labute approximate surface area is 169 Å². The van der Waals surface area contributed by atoms with Crippen molar-refractivity contribution >= 4 is 17.6 Å². The maximum absolute atomic E-state index is 5.89. The summed E-state index contributed by atoms with van der Waals surface area (Å²) in [5, 5.41) is 11.5. The number of nitrogens with one attached hydrogen (secondary N) is 2. The van der Waals surface area contributed by atoms with Crippen LogP contribution in [0.2, 0.25) is 5.02 Å². The number of aromatic nitrogens is 3. The van der Waals surface area contributed by atoms with Crippen LogP contribution in [0.1, 0.15) is 12.5 Å². The lowest BCUT2D eigenvalue weighted by Crippen LogP contribution is -2.41. The molecule has 0 radical (unpaired) electrons. The van der Waals surface area contributed by atoms with Crippen molar-refractivity contribution in [3.63, 3.8) is 0 Å². The van der Waals surface area contributed by atoms with Crippen molar-refractivity contribution in [2.24, 2.45) is 4.99 Å². The summed E-state index contributed by atoms with van der Waals surface area (Å²) in [6.45, 7) is 3.22. The van der Waals surface area contributed by atoms with E-state index in [9.17, 15) is 0 Å². The maximum atomic E-state index is 5.89. The monoisotopic (exact) mass is 398 g/mol. The van der Waals surface area contributed by atoms with Gasteiger partial charge in [-0.3, -0.25) is 4.99 Å². The molecule has 1 unspecified atom stereocenters. The summed E-state index contributed by atoms with van der Waals surface area (Å²) in [6, 6.07) is 13.1. The van der Waals surface area contributed by atoms with E-state index in [2.05, 4.69) is 25.7 Å². The molecule has 2 aromatic heterocycles. The minimum atomic E-state index is -0.0351. The lowest BCUT2D eigenvalue weighted by molar-refractivity contribution is 0.224. The molecule has 28 heavy (non-hydrogen) atoms. The van der Waals surface area contributed by atoms with E-state index in [-0.39, 0.29) is 6.10 Å². The molecule has 0 bridgehead atoms. The fraction of sp³-hybridized carbons (Fsp3) is 0.250. The van der Waals surface area contributed by atoms with Gasteiger partial charge in [0.25, 0.3) is 0 Å². The van der Waals surface area contributed by atoms with Crippen LogP contribution in [0.4, 0.5) is 0 Å². The first-order valence-electron chi connectivity index (χ1n) is 8.96. The lowest BCUT2D eigenvalue weighted by Gasteiger charge is -2.18. The summed E-state index contributed by atoms with van der Waals surface area (Å²) in [5.41, 5.74) is 1.08. The zero-order chi connectivity index (χ0) is 19.8. The van der Waals surface area contributed by atoms with Crippen LogP contribution in [0.3, 0.4) is 0 Å². The number of hydrogen-bond acceptors (Lipinski definition) is 4. The Morgan fingerprint density at radius 1 is 1.21 bits per heavy atom. The molecule has 0 spiro atoms. The molecule has 0 amide bonds. The summed E-state index contributed by atoms with van der Waals surface area (Å²) in [6.07, 6.45) is 5.33. The zero-order valence-electron chi connectivity index (χ0n) is 15.8. The normalized spacial score (nSPS) is 12.5. The van der Waals surface area contributed by atoms with Crippen LogP contribution in [-0.2, 0) is 6.54 Å². The van der Waals surface area contributed by atoms with Gasteiger partial charge in [0.05, 0.1) is 6.54 Å². The molecule has 2 heterocycles. The molecule has 2 N–H and O–H groups in total. The number of benzene rings is 1. The minimum absolute atomic E-state index is 0.0351. The number of guanidine groups is 1. The SMILES string of the molecule is CN=C(NCc1ccnc(-n2cccn2)c1)NCC(C)Oc1ccc(Cl)cc1. The number of pyridine rings is 1. The minimum Gasteiger partial charge on any atom is -0.489 e. The van der Waals surface area contributed by atoms with E-state index in [0.717, 1.165) is 17.1 Å². The van der Waals surface area contributed by atoms with Gasteiger partial charge in [-0.15, -0.1) is 0 Å². The molecule has 1 aromatic carbocycles. The summed E-state index contributed by atoms with van der Waals surface area (Å²) >= 11 is 5.89. The highest BCUT2D eigenvalue weighted by atomic mass is 35.5. The Kier molecular flexibility index (Phi) is 6.86. The fourth-order valence-electron chi connectivity index (χ4n) is 2.53. The molecule has 3 rings (SSSR count). The average Bonchev–Trinajstić information content (AvgIpc) is 3.25. The Balaban J connectivity index is 1.48. The molecule has 0 saturated carbocycles. The van der Waals surface area contributed by atoms with Gasteiger partial charge < -0.3 is 15.4 Å². The van der Waals surface area contributed by atoms with Gasteiger partial charge in [-0.2, -0.15) is 5.10 Å². The summed E-state index contributed by atoms with van der Waals surface area (Å²) in [4.78, 5) is 8.59. The molecule has 8 heteroatoms. The maximum Gasteiger partial charge on any atom is 0.191 e. The summed E-state index contributed by atoms with van der Waals surface area (Å²) < 4.78 is 7.59. The van der Waals surface area contributed by atoms with Gasteiger partial charge in [0.15, 0.2) is 11.8 Å². The average molecular weight is 399 g/mol. The molecule has 0 aliphatic heterocycles. The summed E-state index contributed by atoms with van der Waals surface area (Å²) in [7, 11) is 1.74. The molecule has 7 nitrogen and oxygen atoms in total. The Morgan fingerprint density at radius 2 is 2.04 bits per heavy atom. The van der Waals surface area contributed by atoms with Gasteiger partial charge >= 0.3 is 0 Å². The Hall–Kier alpha value is -3.06. The molecule has 0 aliphatic carbocycles. The number of rotatable bonds is 7. The highest BCUT2D eigenvalue weighted by Crippen LogP contribution is 2.16. The number of halogens is 1. The molecule has 3 aromatic rings. The van der Waals surface area contributed by atoms with Crippen molar-refractivity contribution in [2.45, 2.75) is 19.6 Å². The summed E-state index contributed by atoms with van der Waals surface area (Å²) in [5.74, 6) is 2.26. The molecule has 1 atom stereocenters. The van der Waals surface area contributed by atoms with Gasteiger partial charge in [-0.25, -0.2) is 9.67 Å². The van der Waals surface area contributed by atoms with Crippen LogP contribution >= 0.6 is 11.6 Å². The van der Waals surface area contributed by atoms with E-state index in [1.54, 1.807) is 24.1 Å².